The fraction of sp³-hybridized carbons (Fsp3) is 0.250. The molecule has 0 fully saturated rings. The molecule has 0 heterocycles. The summed E-state index contributed by atoms with van der Waals surface area (Å²) >= 11 is 11.8. The van der Waals surface area contributed by atoms with Crippen molar-refractivity contribution in [3.63, 3.8) is 0 Å². The molecule has 28 heavy (non-hydrogen) atoms. The van der Waals surface area contributed by atoms with Crippen LogP contribution in [0.25, 0.3) is 0 Å². The molecule has 0 bridgehead atoms. The fourth-order valence-corrected chi connectivity index (χ4v) is 2.83. The quantitative estimate of drug-likeness (QED) is 0.615. The van der Waals surface area contributed by atoms with Crippen LogP contribution in [0, 0.1) is 0 Å². The first-order valence-corrected chi connectivity index (χ1v) is 9.43. The summed E-state index contributed by atoms with van der Waals surface area (Å²) in [6.45, 7) is 1.56. The number of anilines is 2. The van der Waals surface area contributed by atoms with Gasteiger partial charge in [0.1, 0.15) is 0 Å². The minimum Gasteiger partial charge on any atom is -0.456 e. The number of benzene rings is 2. The Bertz CT molecular complexity index is 871. The zero-order chi connectivity index (χ0) is 20.5. The summed E-state index contributed by atoms with van der Waals surface area (Å²) in [5.41, 5.74) is 2.07. The third-order valence-corrected chi connectivity index (χ3v) is 4.35. The highest BCUT2D eigenvalue weighted by molar-refractivity contribution is 6.36. The first-order chi connectivity index (χ1) is 13.4. The van der Waals surface area contributed by atoms with E-state index in [0.29, 0.717) is 21.4 Å². The second-order valence-corrected chi connectivity index (χ2v) is 6.74. The van der Waals surface area contributed by atoms with E-state index >= 15 is 0 Å². The maximum Gasteiger partial charge on any atom is 0.306 e. The van der Waals surface area contributed by atoms with Crippen molar-refractivity contribution in [2.75, 3.05) is 17.2 Å². The van der Waals surface area contributed by atoms with Crippen molar-refractivity contribution in [3.05, 3.63) is 58.1 Å². The van der Waals surface area contributed by atoms with Crippen LogP contribution >= 0.6 is 23.2 Å². The molecular formula is C20H20Cl2N2O4. The predicted octanol–water partition coefficient (Wildman–Crippen LogP) is 4.46. The average Bonchev–Trinajstić information content (AvgIpc) is 2.67. The predicted molar refractivity (Wildman–Crippen MR) is 110 cm³/mol. The number of ether oxygens (including phenoxy) is 1. The monoisotopic (exact) mass is 422 g/mol. The second kappa shape index (κ2) is 10.7. The highest BCUT2D eigenvalue weighted by Crippen LogP contribution is 2.25. The summed E-state index contributed by atoms with van der Waals surface area (Å²) in [6.07, 6.45) is 0.511. The van der Waals surface area contributed by atoms with Crippen LogP contribution in [0.4, 0.5) is 11.4 Å². The number of hydrogen-bond acceptors (Lipinski definition) is 4. The van der Waals surface area contributed by atoms with Crippen molar-refractivity contribution in [3.8, 4) is 0 Å². The van der Waals surface area contributed by atoms with Gasteiger partial charge in [-0.2, -0.15) is 0 Å². The molecule has 6 nitrogen and oxygen atoms in total. The standard InChI is InChI=1S/C20H20Cl2N2O4/c1-2-13-5-3-4-6-16(13)23-19(26)12-28-20(27)10-9-18(25)24-17-8-7-14(21)11-15(17)22/h3-8,11H,2,9-10,12H2,1H3,(H,23,26)(H,24,25). The highest BCUT2D eigenvalue weighted by atomic mass is 35.5. The molecular weight excluding hydrogens is 403 g/mol. The Kier molecular flexibility index (Phi) is 8.29. The van der Waals surface area contributed by atoms with Crippen LogP contribution in [-0.2, 0) is 25.5 Å². The van der Waals surface area contributed by atoms with Crippen LogP contribution in [-0.4, -0.2) is 24.4 Å². The van der Waals surface area contributed by atoms with E-state index in [4.69, 9.17) is 27.9 Å². The molecule has 0 aliphatic heterocycles. The summed E-state index contributed by atoms with van der Waals surface area (Å²) in [6, 6.07) is 12.1. The van der Waals surface area contributed by atoms with Crippen molar-refractivity contribution in [2.45, 2.75) is 26.2 Å². The number of esters is 1. The highest BCUT2D eigenvalue weighted by Gasteiger charge is 2.12. The molecule has 2 N–H and O–H groups in total. The second-order valence-electron chi connectivity index (χ2n) is 5.89. The number of carbonyl (C=O) groups excluding carboxylic acids is 3. The van der Waals surface area contributed by atoms with Gasteiger partial charge in [-0.1, -0.05) is 48.3 Å². The van der Waals surface area contributed by atoms with E-state index in [1.807, 2.05) is 25.1 Å². The largest absolute Gasteiger partial charge is 0.456 e. The van der Waals surface area contributed by atoms with Crippen LogP contribution in [0.15, 0.2) is 42.5 Å². The number of hydrogen-bond donors (Lipinski definition) is 2. The lowest BCUT2D eigenvalue weighted by atomic mass is 10.1. The van der Waals surface area contributed by atoms with Crippen molar-refractivity contribution < 1.29 is 19.1 Å². The lowest BCUT2D eigenvalue weighted by Crippen LogP contribution is -2.22. The molecule has 2 aromatic carbocycles. The lowest BCUT2D eigenvalue weighted by Gasteiger charge is -2.10. The zero-order valence-electron chi connectivity index (χ0n) is 15.3. The van der Waals surface area contributed by atoms with E-state index in [1.165, 1.54) is 6.07 Å². The van der Waals surface area contributed by atoms with Gasteiger partial charge in [-0.25, -0.2) is 0 Å². The maximum atomic E-state index is 11.9. The fourth-order valence-electron chi connectivity index (χ4n) is 2.37. The smallest absolute Gasteiger partial charge is 0.306 e. The van der Waals surface area contributed by atoms with Crippen molar-refractivity contribution in [2.24, 2.45) is 0 Å². The van der Waals surface area contributed by atoms with Gasteiger partial charge in [0.25, 0.3) is 5.91 Å². The number of rotatable bonds is 8. The number of halogens is 2. The SMILES string of the molecule is CCc1ccccc1NC(=O)COC(=O)CCC(=O)Nc1ccc(Cl)cc1Cl. The minimum atomic E-state index is -0.642. The number of carbonyl (C=O) groups is 3. The van der Waals surface area contributed by atoms with Gasteiger partial charge in [0.2, 0.25) is 5.91 Å². The number of amides is 2. The molecule has 0 aliphatic rings. The van der Waals surface area contributed by atoms with E-state index in [2.05, 4.69) is 10.6 Å². The first-order valence-electron chi connectivity index (χ1n) is 8.67. The van der Waals surface area contributed by atoms with Gasteiger partial charge in [0.15, 0.2) is 6.61 Å². The van der Waals surface area contributed by atoms with Gasteiger partial charge < -0.3 is 15.4 Å². The Labute approximate surface area is 173 Å². The average molecular weight is 423 g/mol. The van der Waals surface area contributed by atoms with Crippen LogP contribution in [0.3, 0.4) is 0 Å². The third kappa shape index (κ3) is 6.87. The van der Waals surface area contributed by atoms with Gasteiger partial charge in [-0.3, -0.25) is 14.4 Å². The molecule has 0 spiro atoms. The molecule has 2 amide bonds. The van der Waals surface area contributed by atoms with Gasteiger partial charge in [-0.05, 0) is 36.2 Å². The molecule has 0 saturated heterocycles. The Morgan fingerprint density at radius 1 is 0.929 bits per heavy atom. The zero-order valence-corrected chi connectivity index (χ0v) is 16.8. The maximum absolute atomic E-state index is 11.9. The number of aryl methyl sites for hydroxylation is 1. The number of nitrogens with one attached hydrogen (secondary N) is 2. The van der Waals surface area contributed by atoms with E-state index in [1.54, 1.807) is 18.2 Å². The van der Waals surface area contributed by atoms with Crippen LogP contribution < -0.4 is 10.6 Å². The van der Waals surface area contributed by atoms with Crippen LogP contribution in [0.1, 0.15) is 25.3 Å². The lowest BCUT2D eigenvalue weighted by molar-refractivity contribution is -0.147. The molecule has 0 saturated carbocycles. The first kappa shape index (κ1) is 21.7. The van der Waals surface area contributed by atoms with Crippen LogP contribution in [0.2, 0.25) is 10.0 Å². The summed E-state index contributed by atoms with van der Waals surface area (Å²) in [4.78, 5) is 35.6. The normalized spacial score (nSPS) is 10.2. The molecule has 2 aromatic rings. The van der Waals surface area contributed by atoms with E-state index < -0.39 is 24.4 Å². The molecule has 0 radical (unpaired) electrons. The van der Waals surface area contributed by atoms with Crippen LogP contribution in [0.5, 0.6) is 0 Å². The molecule has 8 heteroatoms. The van der Waals surface area contributed by atoms with Gasteiger partial charge in [0, 0.05) is 17.1 Å². The minimum absolute atomic E-state index is 0.0991. The van der Waals surface area contributed by atoms with Gasteiger partial charge >= 0.3 is 5.97 Å². The van der Waals surface area contributed by atoms with E-state index in [9.17, 15) is 14.4 Å². The molecule has 0 unspecified atom stereocenters. The summed E-state index contributed by atoms with van der Waals surface area (Å²) in [7, 11) is 0. The summed E-state index contributed by atoms with van der Waals surface area (Å²) in [5.74, 6) is -1.48. The Balaban J connectivity index is 1.73. The summed E-state index contributed by atoms with van der Waals surface area (Å²) < 4.78 is 4.92. The number of para-hydroxylation sites is 1. The summed E-state index contributed by atoms with van der Waals surface area (Å²) in [5, 5.41) is 6.04. The van der Waals surface area contributed by atoms with Crippen molar-refractivity contribution >= 4 is 52.4 Å². The molecule has 148 valence electrons. The Morgan fingerprint density at radius 3 is 2.36 bits per heavy atom. The van der Waals surface area contributed by atoms with Crippen molar-refractivity contribution in [1.82, 2.24) is 0 Å². The molecule has 0 aromatic heterocycles. The molecule has 2 rings (SSSR count). The molecule has 0 aliphatic carbocycles. The van der Waals surface area contributed by atoms with E-state index in [0.717, 1.165) is 12.0 Å². The van der Waals surface area contributed by atoms with Crippen molar-refractivity contribution in [1.29, 1.82) is 0 Å². The van der Waals surface area contributed by atoms with E-state index in [-0.39, 0.29) is 12.8 Å². The molecule has 0 atom stereocenters. The topological polar surface area (TPSA) is 84.5 Å². The Hall–Kier alpha value is -2.57. The Morgan fingerprint density at radius 2 is 1.64 bits per heavy atom. The third-order valence-electron chi connectivity index (χ3n) is 3.80. The van der Waals surface area contributed by atoms with Gasteiger partial charge in [0.05, 0.1) is 17.1 Å². The van der Waals surface area contributed by atoms with Gasteiger partial charge in [-0.15, -0.1) is 0 Å².